The van der Waals surface area contributed by atoms with E-state index >= 15 is 0 Å². The molecule has 0 unspecified atom stereocenters. The Hall–Kier alpha value is -0.330. The van der Waals surface area contributed by atoms with Crippen LogP contribution in [0, 0.1) is 0 Å². The average molecular weight is 339 g/mol. The predicted molar refractivity (Wildman–Crippen MR) is 83.7 cm³/mol. The standard InChI is InChI=1S/C13H20Cl2N2O2S/c1-4-13(3,5-2)17-20(18,19)11-7-10(14)6-9(8-16)12(11)15/h6-7,17H,4-5,8,16H2,1-3H3. The summed E-state index contributed by atoms with van der Waals surface area (Å²) in [5.74, 6) is 0. The van der Waals surface area contributed by atoms with Gasteiger partial charge in [0.25, 0.3) is 0 Å². The van der Waals surface area contributed by atoms with E-state index in [9.17, 15) is 8.42 Å². The maximum absolute atomic E-state index is 12.5. The first-order chi connectivity index (χ1) is 9.19. The molecule has 3 N–H and O–H groups in total. The minimum absolute atomic E-state index is 0.0276. The average Bonchev–Trinajstić information content (AvgIpc) is 2.40. The van der Waals surface area contributed by atoms with Gasteiger partial charge in [0.2, 0.25) is 10.0 Å². The lowest BCUT2D eigenvalue weighted by molar-refractivity contribution is 0.388. The molecule has 0 heterocycles. The number of nitrogens with one attached hydrogen (secondary N) is 1. The van der Waals surface area contributed by atoms with Crippen molar-refractivity contribution in [1.29, 1.82) is 0 Å². The predicted octanol–water partition coefficient (Wildman–Crippen LogP) is 3.31. The van der Waals surface area contributed by atoms with Gasteiger partial charge in [-0.1, -0.05) is 37.0 Å². The number of benzene rings is 1. The molecule has 0 aliphatic carbocycles. The molecule has 114 valence electrons. The first-order valence-electron chi connectivity index (χ1n) is 6.41. The molecule has 4 nitrogen and oxygen atoms in total. The lowest BCUT2D eigenvalue weighted by Gasteiger charge is -2.28. The van der Waals surface area contributed by atoms with Crippen LogP contribution in [0.4, 0.5) is 0 Å². The minimum atomic E-state index is -3.75. The molecule has 0 aliphatic heterocycles. The highest BCUT2D eigenvalue weighted by Gasteiger charge is 2.29. The van der Waals surface area contributed by atoms with E-state index in [0.717, 1.165) is 0 Å². The van der Waals surface area contributed by atoms with Gasteiger partial charge in [-0.3, -0.25) is 0 Å². The second kappa shape index (κ2) is 6.62. The third kappa shape index (κ3) is 3.86. The molecule has 0 aromatic heterocycles. The number of hydrogen-bond acceptors (Lipinski definition) is 3. The summed E-state index contributed by atoms with van der Waals surface area (Å²) >= 11 is 12.1. The molecule has 0 aliphatic rings. The largest absolute Gasteiger partial charge is 0.326 e. The Morgan fingerprint density at radius 2 is 1.80 bits per heavy atom. The van der Waals surface area contributed by atoms with Gasteiger partial charge in [-0.05, 0) is 37.5 Å². The van der Waals surface area contributed by atoms with Crippen LogP contribution < -0.4 is 10.5 Å². The Labute approximate surface area is 130 Å². The van der Waals surface area contributed by atoms with Crippen LogP contribution in [0.5, 0.6) is 0 Å². The van der Waals surface area contributed by atoms with Crippen molar-refractivity contribution in [3.05, 3.63) is 27.7 Å². The minimum Gasteiger partial charge on any atom is -0.326 e. The van der Waals surface area contributed by atoms with Gasteiger partial charge in [-0.25, -0.2) is 13.1 Å². The fraction of sp³-hybridized carbons (Fsp3) is 0.538. The van der Waals surface area contributed by atoms with Crippen LogP contribution in [0.1, 0.15) is 39.2 Å². The molecule has 20 heavy (non-hydrogen) atoms. The Morgan fingerprint density at radius 1 is 1.25 bits per heavy atom. The first kappa shape index (κ1) is 17.7. The second-order valence-corrected chi connectivity index (χ2v) is 7.42. The summed E-state index contributed by atoms with van der Waals surface area (Å²) in [6.07, 6.45) is 1.34. The van der Waals surface area contributed by atoms with E-state index in [1.165, 1.54) is 6.07 Å². The third-order valence-corrected chi connectivity index (χ3v) is 5.97. The van der Waals surface area contributed by atoms with Crippen molar-refractivity contribution in [1.82, 2.24) is 4.72 Å². The summed E-state index contributed by atoms with van der Waals surface area (Å²) in [5.41, 5.74) is 5.54. The molecule has 0 radical (unpaired) electrons. The van der Waals surface area contributed by atoms with Gasteiger partial charge < -0.3 is 5.73 Å². The van der Waals surface area contributed by atoms with Crippen LogP contribution in [0.3, 0.4) is 0 Å². The zero-order valence-corrected chi connectivity index (χ0v) is 14.2. The normalized spacial score (nSPS) is 12.7. The maximum atomic E-state index is 12.5. The SMILES string of the molecule is CCC(C)(CC)NS(=O)(=O)c1cc(Cl)cc(CN)c1Cl. The van der Waals surface area contributed by atoms with Gasteiger partial charge in [0.05, 0.1) is 5.02 Å². The molecule has 0 saturated carbocycles. The Bertz CT molecular complexity index is 584. The van der Waals surface area contributed by atoms with Crippen LogP contribution in [-0.4, -0.2) is 14.0 Å². The topological polar surface area (TPSA) is 72.2 Å². The summed E-state index contributed by atoms with van der Waals surface area (Å²) < 4.78 is 27.7. The van der Waals surface area contributed by atoms with Gasteiger partial charge in [0, 0.05) is 17.1 Å². The zero-order valence-electron chi connectivity index (χ0n) is 11.8. The van der Waals surface area contributed by atoms with Crippen molar-refractivity contribution >= 4 is 33.2 Å². The lowest BCUT2D eigenvalue weighted by atomic mass is 9.98. The van der Waals surface area contributed by atoms with E-state index in [1.54, 1.807) is 6.07 Å². The van der Waals surface area contributed by atoms with Gasteiger partial charge in [-0.2, -0.15) is 0 Å². The maximum Gasteiger partial charge on any atom is 0.242 e. The number of nitrogens with two attached hydrogens (primary N) is 1. The van der Waals surface area contributed by atoms with E-state index in [4.69, 9.17) is 28.9 Å². The van der Waals surface area contributed by atoms with E-state index < -0.39 is 15.6 Å². The summed E-state index contributed by atoms with van der Waals surface area (Å²) in [7, 11) is -3.75. The van der Waals surface area contributed by atoms with Gasteiger partial charge in [0.15, 0.2) is 0 Å². The highest BCUT2D eigenvalue weighted by Crippen LogP contribution is 2.30. The van der Waals surface area contributed by atoms with E-state index in [-0.39, 0.29) is 16.5 Å². The van der Waals surface area contributed by atoms with Gasteiger partial charge in [0.1, 0.15) is 4.90 Å². The van der Waals surface area contributed by atoms with Gasteiger partial charge in [-0.15, -0.1) is 0 Å². The first-order valence-corrected chi connectivity index (χ1v) is 8.65. The highest BCUT2D eigenvalue weighted by molar-refractivity contribution is 7.89. The molecular weight excluding hydrogens is 319 g/mol. The van der Waals surface area contributed by atoms with Crippen molar-refractivity contribution < 1.29 is 8.42 Å². The summed E-state index contributed by atoms with van der Waals surface area (Å²) in [5, 5.41) is 0.420. The van der Waals surface area contributed by atoms with Gasteiger partial charge >= 0.3 is 0 Å². The number of rotatable bonds is 6. The fourth-order valence-electron chi connectivity index (χ4n) is 1.74. The quantitative estimate of drug-likeness (QED) is 0.835. The molecule has 1 aromatic carbocycles. The van der Waals surface area contributed by atoms with Crippen LogP contribution in [0.15, 0.2) is 17.0 Å². The summed E-state index contributed by atoms with van der Waals surface area (Å²) in [6, 6.07) is 2.92. The van der Waals surface area contributed by atoms with Crippen LogP contribution in [-0.2, 0) is 16.6 Å². The Balaban J connectivity index is 3.33. The van der Waals surface area contributed by atoms with Crippen molar-refractivity contribution in [2.24, 2.45) is 5.73 Å². The number of sulfonamides is 1. The van der Waals surface area contributed by atoms with E-state index in [2.05, 4.69) is 4.72 Å². The van der Waals surface area contributed by atoms with Crippen LogP contribution >= 0.6 is 23.2 Å². The summed E-state index contributed by atoms with van der Waals surface area (Å²) in [6.45, 7) is 5.83. The van der Waals surface area contributed by atoms with Crippen molar-refractivity contribution in [3.63, 3.8) is 0 Å². The van der Waals surface area contributed by atoms with Crippen LogP contribution in [0.2, 0.25) is 10.0 Å². The molecule has 0 amide bonds. The molecule has 0 bridgehead atoms. The summed E-state index contributed by atoms with van der Waals surface area (Å²) in [4.78, 5) is -0.0276. The molecule has 0 atom stereocenters. The van der Waals surface area contributed by atoms with Crippen LogP contribution in [0.25, 0.3) is 0 Å². The number of halogens is 2. The van der Waals surface area contributed by atoms with E-state index in [1.807, 2.05) is 20.8 Å². The molecule has 0 saturated heterocycles. The zero-order chi connectivity index (χ0) is 15.6. The second-order valence-electron chi connectivity index (χ2n) is 4.95. The van der Waals surface area contributed by atoms with Crippen molar-refractivity contribution in [2.45, 2.75) is 50.6 Å². The molecule has 0 fully saturated rings. The Kier molecular flexibility index (Phi) is 5.87. The fourth-order valence-corrected chi connectivity index (χ4v) is 4.23. The monoisotopic (exact) mass is 338 g/mol. The Morgan fingerprint density at radius 3 is 2.25 bits per heavy atom. The van der Waals surface area contributed by atoms with E-state index in [0.29, 0.717) is 23.4 Å². The highest BCUT2D eigenvalue weighted by atomic mass is 35.5. The van der Waals surface area contributed by atoms with Crippen molar-refractivity contribution in [3.8, 4) is 0 Å². The lowest BCUT2D eigenvalue weighted by Crippen LogP contribution is -2.44. The molecular formula is C13H20Cl2N2O2S. The third-order valence-electron chi connectivity index (χ3n) is 3.53. The smallest absolute Gasteiger partial charge is 0.242 e. The molecule has 0 spiro atoms. The molecule has 1 aromatic rings. The van der Waals surface area contributed by atoms with Crippen molar-refractivity contribution in [2.75, 3.05) is 0 Å². The number of hydrogen-bond donors (Lipinski definition) is 2. The molecule has 1 rings (SSSR count). The molecule has 7 heteroatoms.